The molecule has 0 bridgehead atoms. The van der Waals surface area contributed by atoms with Gasteiger partial charge in [-0.15, -0.1) is 0 Å². The van der Waals surface area contributed by atoms with Crippen LogP contribution in [-0.4, -0.2) is 40.7 Å². The fraction of sp³-hybridized carbons (Fsp3) is 0.467. The summed E-state index contributed by atoms with van der Waals surface area (Å²) in [5.74, 6) is 1.22. The Morgan fingerprint density at radius 3 is 1.86 bits per heavy atom. The Balaban J connectivity index is 0.000000505. The molecule has 0 saturated heterocycles. The monoisotopic (exact) mass is 415 g/mol. The van der Waals surface area contributed by atoms with Gasteiger partial charge < -0.3 is 16.5 Å². The van der Waals surface area contributed by atoms with Gasteiger partial charge in [-0.2, -0.15) is 26.3 Å². The minimum absolute atomic E-state index is 0.492. The quantitative estimate of drug-likeness (QED) is 0.387. The van der Waals surface area contributed by atoms with Crippen LogP contribution >= 0.6 is 0 Å². The summed E-state index contributed by atoms with van der Waals surface area (Å²) < 4.78 is 62.5. The lowest BCUT2D eigenvalue weighted by Gasteiger charge is -1.99. The summed E-state index contributed by atoms with van der Waals surface area (Å²) in [5.41, 5.74) is 13.3. The number of aliphatic imine (C=N–C) groups is 1. The number of halogens is 6. The topological polar surface area (TPSA) is 127 Å². The maximum atomic E-state index is 10.4. The van der Waals surface area contributed by atoms with E-state index in [-0.39, 0.29) is 0 Å². The molecule has 158 valence electrons. The highest BCUT2D eigenvalue weighted by molar-refractivity contribution is 5.84. The lowest BCUT2D eigenvalue weighted by molar-refractivity contribution is -0.156. The number of hydrogen-bond acceptors (Lipinski definition) is 6. The van der Waals surface area contributed by atoms with Crippen molar-refractivity contribution in [3.05, 3.63) is 23.7 Å². The van der Waals surface area contributed by atoms with E-state index < -0.39 is 24.9 Å². The number of imidazole rings is 1. The molecule has 1 aromatic heterocycles. The molecule has 2 rings (SSSR count). The molecule has 2 heterocycles. The van der Waals surface area contributed by atoms with Crippen LogP contribution in [0.5, 0.6) is 0 Å². The van der Waals surface area contributed by atoms with Gasteiger partial charge in [0.15, 0.2) is 5.95 Å². The third-order valence-electron chi connectivity index (χ3n) is 2.88. The summed E-state index contributed by atoms with van der Waals surface area (Å²) in [6.45, 7) is 0. The third-order valence-corrected chi connectivity index (χ3v) is 2.88. The molecule has 0 radical (unpaired) electrons. The first-order valence-corrected chi connectivity index (χ1v) is 7.74. The number of nitrogens with zero attached hydrogens (tertiary/aromatic N) is 2. The fourth-order valence-corrected chi connectivity index (χ4v) is 1.78. The highest BCUT2D eigenvalue weighted by Gasteiger charge is 2.25. The molecule has 1 aliphatic rings. The first kappa shape index (κ1) is 25.1. The van der Waals surface area contributed by atoms with Gasteiger partial charge in [-0.25, -0.2) is 9.98 Å². The van der Waals surface area contributed by atoms with Crippen LogP contribution in [0.25, 0.3) is 0 Å². The molecular weight excluding hydrogens is 396 g/mol. The Bertz CT molecular complexity index is 661. The average molecular weight is 415 g/mol. The van der Waals surface area contributed by atoms with E-state index >= 15 is 0 Å². The molecule has 1 aromatic rings. The number of hydrogen-bond donors (Lipinski definition) is 3. The van der Waals surface area contributed by atoms with E-state index in [2.05, 4.69) is 21.0 Å². The number of rotatable bonds is 5. The van der Waals surface area contributed by atoms with Crippen molar-refractivity contribution in [3.8, 4) is 0 Å². The smallest absolute Gasteiger partial charge is 0.387 e. The summed E-state index contributed by atoms with van der Waals surface area (Å²) in [5, 5.41) is 0. The van der Waals surface area contributed by atoms with Crippen molar-refractivity contribution in [1.29, 1.82) is 0 Å². The van der Waals surface area contributed by atoms with Crippen molar-refractivity contribution in [3.63, 3.8) is 0 Å². The molecule has 0 unspecified atom stereocenters. The molecule has 7 nitrogen and oxygen atoms in total. The van der Waals surface area contributed by atoms with Crippen LogP contribution in [0, 0.1) is 0 Å². The largest absolute Gasteiger partial charge is 0.446 e. The van der Waals surface area contributed by atoms with Gasteiger partial charge in [0, 0.05) is 17.8 Å². The standard InChI is InChI=1S/C11H17N5.2C2HF3O/c12-10-6-5-8(15-10)3-1-2-4-9-7-14-11(13)16-9;2*3-2(4,5)1-6/h5,7H,1-4,6H2,(H2,12,15)(H3,13,14,16);2*1H. The molecule has 5 N–H and O–H groups in total. The molecule has 0 spiro atoms. The van der Waals surface area contributed by atoms with Crippen molar-refractivity contribution < 1.29 is 35.9 Å². The van der Waals surface area contributed by atoms with Crippen molar-refractivity contribution in [2.24, 2.45) is 10.7 Å². The number of aromatic nitrogens is 2. The Kier molecular flexibility index (Phi) is 10.6. The number of aryl methyl sites for hydroxylation is 1. The average Bonchev–Trinajstić information content (AvgIpc) is 3.20. The van der Waals surface area contributed by atoms with Crippen LogP contribution in [0.1, 0.15) is 31.4 Å². The predicted octanol–water partition coefficient (Wildman–Crippen LogP) is 2.84. The second-order valence-electron chi connectivity index (χ2n) is 5.32. The summed E-state index contributed by atoms with van der Waals surface area (Å²) >= 11 is 0. The number of aldehydes is 2. The Morgan fingerprint density at radius 1 is 1.00 bits per heavy atom. The molecule has 0 atom stereocenters. The van der Waals surface area contributed by atoms with Gasteiger partial charge in [0.25, 0.3) is 0 Å². The zero-order chi connectivity index (χ0) is 21.8. The van der Waals surface area contributed by atoms with Gasteiger partial charge in [0.2, 0.25) is 12.6 Å². The van der Waals surface area contributed by atoms with Crippen LogP contribution in [0.2, 0.25) is 0 Å². The lowest BCUT2D eigenvalue weighted by Crippen LogP contribution is -2.07. The van der Waals surface area contributed by atoms with E-state index in [0.717, 1.165) is 49.3 Å². The molecule has 0 fully saturated rings. The molecule has 28 heavy (non-hydrogen) atoms. The SMILES string of the molecule is NC1=NC(CCCCc2cnc(N)[nH]2)=CC1.O=CC(F)(F)F.O=CC(F)(F)F. The summed E-state index contributed by atoms with van der Waals surface area (Å²) in [4.78, 5) is 28.6. The van der Waals surface area contributed by atoms with Crippen LogP contribution in [0.4, 0.5) is 32.3 Å². The van der Waals surface area contributed by atoms with E-state index in [0.29, 0.717) is 5.95 Å². The number of alkyl halides is 6. The normalized spacial score (nSPS) is 13.4. The first-order valence-electron chi connectivity index (χ1n) is 7.74. The van der Waals surface area contributed by atoms with Crippen LogP contribution < -0.4 is 11.5 Å². The Morgan fingerprint density at radius 2 is 1.50 bits per heavy atom. The number of anilines is 1. The molecule has 0 amide bonds. The van der Waals surface area contributed by atoms with Crippen molar-refractivity contribution >= 4 is 24.4 Å². The predicted molar refractivity (Wildman–Crippen MR) is 89.1 cm³/mol. The number of nitrogen functional groups attached to an aromatic ring is 1. The molecule has 0 aromatic carbocycles. The second-order valence-corrected chi connectivity index (χ2v) is 5.32. The number of nitrogens with one attached hydrogen (secondary N) is 1. The lowest BCUT2D eigenvalue weighted by atomic mass is 10.1. The summed E-state index contributed by atoms with van der Waals surface area (Å²) in [7, 11) is 0. The minimum Gasteiger partial charge on any atom is -0.387 e. The first-order chi connectivity index (χ1) is 12.9. The maximum absolute atomic E-state index is 10.4. The van der Waals surface area contributed by atoms with Crippen molar-refractivity contribution in [1.82, 2.24) is 9.97 Å². The van der Waals surface area contributed by atoms with E-state index in [1.807, 2.05) is 0 Å². The van der Waals surface area contributed by atoms with Crippen LogP contribution in [-0.2, 0) is 16.0 Å². The van der Waals surface area contributed by atoms with Crippen molar-refractivity contribution in [2.75, 3.05) is 5.73 Å². The number of allylic oxidation sites excluding steroid dienone is 1. The summed E-state index contributed by atoms with van der Waals surface area (Å²) in [6, 6.07) is 0. The van der Waals surface area contributed by atoms with Gasteiger partial charge in [-0.05, 0) is 25.7 Å². The van der Waals surface area contributed by atoms with E-state index in [1.165, 1.54) is 0 Å². The number of aromatic amines is 1. The molecule has 0 aliphatic carbocycles. The molecular formula is C15H19F6N5O2. The molecule has 13 heteroatoms. The zero-order valence-corrected chi connectivity index (χ0v) is 14.5. The maximum Gasteiger partial charge on any atom is 0.446 e. The number of carbonyl (C=O) groups is 2. The summed E-state index contributed by atoms with van der Waals surface area (Å²) in [6.07, 6.45) is -2.49. The highest BCUT2D eigenvalue weighted by atomic mass is 19.4. The fourth-order valence-electron chi connectivity index (χ4n) is 1.78. The zero-order valence-electron chi connectivity index (χ0n) is 14.5. The minimum atomic E-state index is -4.64. The van der Waals surface area contributed by atoms with Gasteiger partial charge in [-0.3, -0.25) is 9.59 Å². The van der Waals surface area contributed by atoms with Crippen LogP contribution in [0.15, 0.2) is 23.0 Å². The van der Waals surface area contributed by atoms with Gasteiger partial charge in [-0.1, -0.05) is 6.08 Å². The van der Waals surface area contributed by atoms with Crippen molar-refractivity contribution in [2.45, 2.75) is 44.5 Å². The number of carbonyl (C=O) groups excluding carboxylic acids is 2. The second kappa shape index (κ2) is 11.8. The van der Waals surface area contributed by atoms with Gasteiger partial charge in [0.05, 0.1) is 6.20 Å². The number of amidine groups is 1. The Labute approximate surface area is 155 Å². The van der Waals surface area contributed by atoms with Gasteiger partial charge >= 0.3 is 12.4 Å². The number of unbranched alkanes of at least 4 members (excludes halogenated alkanes) is 1. The number of H-pyrrole nitrogens is 1. The third kappa shape index (κ3) is 14.3. The van der Waals surface area contributed by atoms with E-state index in [9.17, 15) is 26.3 Å². The Hall–Kier alpha value is -2.86. The van der Waals surface area contributed by atoms with E-state index in [4.69, 9.17) is 21.1 Å². The molecule has 1 aliphatic heterocycles. The van der Waals surface area contributed by atoms with Crippen LogP contribution in [0.3, 0.4) is 0 Å². The highest BCUT2D eigenvalue weighted by Crippen LogP contribution is 2.16. The number of nitrogens with two attached hydrogens (primary N) is 2. The van der Waals surface area contributed by atoms with E-state index in [1.54, 1.807) is 6.20 Å². The van der Waals surface area contributed by atoms with Gasteiger partial charge in [0.1, 0.15) is 5.84 Å². The molecule has 0 saturated carbocycles.